The minimum atomic E-state index is -0.489. The summed E-state index contributed by atoms with van der Waals surface area (Å²) in [5.41, 5.74) is 0.769. The lowest BCUT2D eigenvalue weighted by atomic mass is 9.99. The summed E-state index contributed by atoms with van der Waals surface area (Å²) in [6.07, 6.45) is -0.489. The van der Waals surface area contributed by atoms with Gasteiger partial charge in [0.25, 0.3) is 0 Å². The van der Waals surface area contributed by atoms with Gasteiger partial charge in [-0.05, 0) is 23.6 Å². The zero-order valence-electron chi connectivity index (χ0n) is 7.36. The van der Waals surface area contributed by atoms with Crippen molar-refractivity contribution in [1.82, 2.24) is 0 Å². The number of aromatic hydroxyl groups is 1. The molecule has 12 heavy (non-hydrogen) atoms. The van der Waals surface area contributed by atoms with E-state index in [-0.39, 0.29) is 11.7 Å². The lowest BCUT2D eigenvalue weighted by Gasteiger charge is -2.14. The van der Waals surface area contributed by atoms with E-state index >= 15 is 0 Å². The third-order valence-corrected chi connectivity index (χ3v) is 1.84. The molecule has 1 aromatic carbocycles. The third kappa shape index (κ3) is 1.98. The van der Waals surface area contributed by atoms with Crippen molar-refractivity contribution in [2.45, 2.75) is 20.0 Å². The summed E-state index contributed by atoms with van der Waals surface area (Å²) in [6.45, 7) is 3.88. The number of rotatable bonds is 2. The van der Waals surface area contributed by atoms with Gasteiger partial charge in [-0.3, -0.25) is 0 Å². The Morgan fingerprint density at radius 1 is 1.25 bits per heavy atom. The summed E-state index contributed by atoms with van der Waals surface area (Å²) in [4.78, 5) is 0. The maximum absolute atomic E-state index is 9.61. The summed E-state index contributed by atoms with van der Waals surface area (Å²) in [5, 5.41) is 18.7. The first-order valence-corrected chi connectivity index (χ1v) is 4.08. The lowest BCUT2D eigenvalue weighted by molar-refractivity contribution is 0.126. The summed E-state index contributed by atoms with van der Waals surface area (Å²) < 4.78 is 0. The Morgan fingerprint density at radius 3 is 2.42 bits per heavy atom. The first-order valence-electron chi connectivity index (χ1n) is 4.08. The molecule has 0 aliphatic heterocycles. The Morgan fingerprint density at radius 2 is 1.92 bits per heavy atom. The van der Waals surface area contributed by atoms with E-state index in [2.05, 4.69) is 0 Å². The predicted molar refractivity (Wildman–Crippen MR) is 47.9 cm³/mol. The summed E-state index contributed by atoms with van der Waals surface area (Å²) >= 11 is 0. The SMILES string of the molecule is CC(C)C(O)c1cccc(O)c1. The van der Waals surface area contributed by atoms with E-state index in [0.717, 1.165) is 5.56 Å². The van der Waals surface area contributed by atoms with E-state index < -0.39 is 6.10 Å². The Labute approximate surface area is 72.5 Å². The van der Waals surface area contributed by atoms with Crippen LogP contribution in [0.1, 0.15) is 25.5 Å². The Kier molecular flexibility index (Phi) is 2.71. The van der Waals surface area contributed by atoms with E-state index in [9.17, 15) is 5.11 Å². The second-order valence-electron chi connectivity index (χ2n) is 3.28. The van der Waals surface area contributed by atoms with Crippen molar-refractivity contribution >= 4 is 0 Å². The molecule has 2 heteroatoms. The molecule has 2 nitrogen and oxygen atoms in total. The van der Waals surface area contributed by atoms with E-state index in [1.165, 1.54) is 0 Å². The molecule has 0 spiro atoms. The van der Waals surface area contributed by atoms with Crippen molar-refractivity contribution in [2.24, 2.45) is 5.92 Å². The van der Waals surface area contributed by atoms with Crippen molar-refractivity contribution in [2.75, 3.05) is 0 Å². The van der Waals surface area contributed by atoms with Gasteiger partial charge >= 0.3 is 0 Å². The number of aliphatic hydroxyl groups excluding tert-OH is 1. The van der Waals surface area contributed by atoms with Crippen molar-refractivity contribution in [1.29, 1.82) is 0 Å². The predicted octanol–water partition coefficient (Wildman–Crippen LogP) is 2.08. The molecule has 0 radical (unpaired) electrons. The highest BCUT2D eigenvalue weighted by Crippen LogP contribution is 2.23. The van der Waals surface area contributed by atoms with E-state index in [1.54, 1.807) is 18.2 Å². The standard InChI is InChI=1S/C10H14O2/c1-7(2)10(12)8-4-3-5-9(11)6-8/h3-7,10-12H,1-2H3. The van der Waals surface area contributed by atoms with E-state index in [0.29, 0.717) is 0 Å². The number of benzene rings is 1. The zero-order chi connectivity index (χ0) is 9.14. The van der Waals surface area contributed by atoms with Gasteiger partial charge in [0.2, 0.25) is 0 Å². The van der Waals surface area contributed by atoms with Gasteiger partial charge in [0.1, 0.15) is 5.75 Å². The van der Waals surface area contributed by atoms with Gasteiger partial charge in [-0.1, -0.05) is 26.0 Å². The second-order valence-corrected chi connectivity index (χ2v) is 3.28. The van der Waals surface area contributed by atoms with Crippen LogP contribution < -0.4 is 0 Å². The van der Waals surface area contributed by atoms with Crippen LogP contribution in [0.2, 0.25) is 0 Å². The van der Waals surface area contributed by atoms with Crippen LogP contribution in [0.3, 0.4) is 0 Å². The van der Waals surface area contributed by atoms with Crippen LogP contribution in [0.4, 0.5) is 0 Å². The molecule has 0 aliphatic rings. The Hall–Kier alpha value is -1.02. The van der Waals surface area contributed by atoms with E-state index in [4.69, 9.17) is 5.11 Å². The normalized spacial score (nSPS) is 13.3. The fourth-order valence-electron chi connectivity index (χ4n) is 1.09. The Balaban J connectivity index is 2.88. The average Bonchev–Trinajstić information content (AvgIpc) is 2.03. The molecule has 2 N–H and O–H groups in total. The molecule has 1 unspecified atom stereocenters. The molecule has 0 amide bonds. The van der Waals surface area contributed by atoms with Gasteiger partial charge < -0.3 is 10.2 Å². The molecule has 0 bridgehead atoms. The fraction of sp³-hybridized carbons (Fsp3) is 0.400. The van der Waals surface area contributed by atoms with Crippen molar-refractivity contribution in [3.05, 3.63) is 29.8 Å². The largest absolute Gasteiger partial charge is 0.508 e. The smallest absolute Gasteiger partial charge is 0.115 e. The molecular formula is C10H14O2. The highest BCUT2D eigenvalue weighted by atomic mass is 16.3. The van der Waals surface area contributed by atoms with Crippen molar-refractivity contribution in [3.8, 4) is 5.75 Å². The lowest BCUT2D eigenvalue weighted by Crippen LogP contribution is -2.04. The van der Waals surface area contributed by atoms with Gasteiger partial charge in [-0.2, -0.15) is 0 Å². The number of phenols is 1. The van der Waals surface area contributed by atoms with Crippen LogP contribution >= 0.6 is 0 Å². The van der Waals surface area contributed by atoms with Crippen LogP contribution in [0.15, 0.2) is 24.3 Å². The van der Waals surface area contributed by atoms with Gasteiger partial charge in [-0.15, -0.1) is 0 Å². The molecule has 0 heterocycles. The quantitative estimate of drug-likeness (QED) is 0.706. The monoisotopic (exact) mass is 166 g/mol. The molecule has 1 rings (SSSR count). The van der Waals surface area contributed by atoms with Crippen LogP contribution in [-0.4, -0.2) is 10.2 Å². The van der Waals surface area contributed by atoms with Gasteiger partial charge in [0.15, 0.2) is 0 Å². The molecule has 0 saturated carbocycles. The number of hydrogen-bond donors (Lipinski definition) is 2. The first kappa shape index (κ1) is 9.07. The molecule has 66 valence electrons. The minimum absolute atomic E-state index is 0.173. The fourth-order valence-corrected chi connectivity index (χ4v) is 1.09. The summed E-state index contributed by atoms with van der Waals surface area (Å²) in [7, 11) is 0. The summed E-state index contributed by atoms with van der Waals surface area (Å²) in [5.74, 6) is 0.374. The molecule has 1 aromatic rings. The second kappa shape index (κ2) is 3.59. The molecule has 1 atom stereocenters. The van der Waals surface area contributed by atoms with Crippen LogP contribution in [0, 0.1) is 5.92 Å². The van der Waals surface area contributed by atoms with Crippen molar-refractivity contribution < 1.29 is 10.2 Å². The maximum atomic E-state index is 9.61. The molecular weight excluding hydrogens is 152 g/mol. The third-order valence-electron chi connectivity index (χ3n) is 1.84. The van der Waals surface area contributed by atoms with Crippen LogP contribution in [-0.2, 0) is 0 Å². The highest BCUT2D eigenvalue weighted by Gasteiger charge is 2.11. The van der Waals surface area contributed by atoms with Crippen LogP contribution in [0.5, 0.6) is 5.75 Å². The van der Waals surface area contributed by atoms with E-state index in [1.807, 2.05) is 19.9 Å². The van der Waals surface area contributed by atoms with Gasteiger partial charge in [0, 0.05) is 0 Å². The minimum Gasteiger partial charge on any atom is -0.508 e. The Bertz CT molecular complexity index is 256. The highest BCUT2D eigenvalue weighted by molar-refractivity contribution is 5.28. The topological polar surface area (TPSA) is 40.5 Å². The van der Waals surface area contributed by atoms with Crippen LogP contribution in [0.25, 0.3) is 0 Å². The molecule has 0 fully saturated rings. The van der Waals surface area contributed by atoms with Crippen molar-refractivity contribution in [3.63, 3.8) is 0 Å². The number of phenolic OH excluding ortho intramolecular Hbond substituents is 1. The zero-order valence-corrected chi connectivity index (χ0v) is 7.36. The first-order chi connectivity index (χ1) is 5.61. The van der Waals surface area contributed by atoms with Gasteiger partial charge in [0.05, 0.1) is 6.10 Å². The molecule has 0 aliphatic carbocycles. The molecule has 0 saturated heterocycles. The molecule has 0 aromatic heterocycles. The summed E-state index contributed by atoms with van der Waals surface area (Å²) in [6, 6.07) is 6.72. The maximum Gasteiger partial charge on any atom is 0.115 e. The van der Waals surface area contributed by atoms with Gasteiger partial charge in [-0.25, -0.2) is 0 Å². The number of hydrogen-bond acceptors (Lipinski definition) is 2. The average molecular weight is 166 g/mol. The number of aliphatic hydroxyl groups is 1.